The number of aryl methyl sites for hydroxylation is 1. The largest absolute Gasteiger partial charge is 0.396 e. The maximum Gasteiger partial charge on any atom is 0.0481 e. The van der Waals surface area contributed by atoms with Gasteiger partial charge in [0.2, 0.25) is 0 Å². The molecule has 0 radical (unpaired) electrons. The molecule has 2 rings (SSSR count). The van der Waals surface area contributed by atoms with Crippen molar-refractivity contribution in [2.45, 2.75) is 77.0 Å². The Morgan fingerprint density at radius 3 is 2.21 bits per heavy atom. The third kappa shape index (κ3) is 6.22. The second kappa shape index (κ2) is 10.9. The summed E-state index contributed by atoms with van der Waals surface area (Å²) in [7, 11) is 0. The van der Waals surface area contributed by atoms with E-state index in [-0.39, 0.29) is 19.1 Å². The van der Waals surface area contributed by atoms with Crippen LogP contribution in [0.25, 0.3) is 0 Å². The quantitative estimate of drug-likeness (QED) is 0.587. The van der Waals surface area contributed by atoms with Crippen LogP contribution >= 0.6 is 0 Å². The van der Waals surface area contributed by atoms with E-state index >= 15 is 0 Å². The van der Waals surface area contributed by atoms with Crippen molar-refractivity contribution in [2.75, 3.05) is 13.2 Å². The first kappa shape index (κ1) is 19.5. The van der Waals surface area contributed by atoms with Crippen molar-refractivity contribution in [2.24, 2.45) is 11.8 Å². The number of unbranched alkanes of at least 4 members (excludes halogenated alkanes) is 2. The summed E-state index contributed by atoms with van der Waals surface area (Å²) in [6.07, 6.45) is 12.9. The van der Waals surface area contributed by atoms with E-state index in [0.29, 0.717) is 0 Å². The molecule has 1 saturated carbocycles. The fourth-order valence-electron chi connectivity index (χ4n) is 4.04. The van der Waals surface area contributed by atoms with Crippen LogP contribution in [-0.2, 0) is 6.42 Å². The van der Waals surface area contributed by atoms with Crippen LogP contribution in [0.5, 0.6) is 0 Å². The van der Waals surface area contributed by atoms with Crippen molar-refractivity contribution in [1.82, 2.24) is 0 Å². The summed E-state index contributed by atoms with van der Waals surface area (Å²) >= 11 is 0. The van der Waals surface area contributed by atoms with Crippen molar-refractivity contribution in [3.63, 3.8) is 0 Å². The van der Waals surface area contributed by atoms with E-state index in [0.717, 1.165) is 24.7 Å². The Kier molecular flexibility index (Phi) is 8.83. The second-order valence-corrected chi connectivity index (χ2v) is 7.72. The molecular weight excluding hydrogens is 296 g/mol. The van der Waals surface area contributed by atoms with Gasteiger partial charge in [0.1, 0.15) is 0 Å². The van der Waals surface area contributed by atoms with Crippen LogP contribution in [0.15, 0.2) is 24.3 Å². The van der Waals surface area contributed by atoms with Crippen molar-refractivity contribution >= 4 is 0 Å². The third-order valence-corrected chi connectivity index (χ3v) is 5.87. The highest BCUT2D eigenvalue weighted by Crippen LogP contribution is 2.37. The minimum absolute atomic E-state index is 0.0210. The fraction of sp³-hybridized carbons (Fsp3) is 0.727. The van der Waals surface area contributed by atoms with E-state index < -0.39 is 0 Å². The van der Waals surface area contributed by atoms with Gasteiger partial charge in [-0.2, -0.15) is 0 Å². The minimum atomic E-state index is 0.0210. The normalized spacial score (nSPS) is 21.3. The summed E-state index contributed by atoms with van der Waals surface area (Å²) in [6.45, 7) is 2.44. The SMILES string of the molecule is CCCCCC1CCC(c2ccc(CCC(CO)CO)cc2)CC1. The van der Waals surface area contributed by atoms with Gasteiger partial charge in [0.25, 0.3) is 0 Å². The number of aliphatic hydroxyl groups excluding tert-OH is 2. The van der Waals surface area contributed by atoms with Crippen molar-refractivity contribution in [3.05, 3.63) is 35.4 Å². The van der Waals surface area contributed by atoms with Gasteiger partial charge in [0.15, 0.2) is 0 Å². The van der Waals surface area contributed by atoms with Crippen LogP contribution in [0, 0.1) is 11.8 Å². The average molecular weight is 333 g/mol. The highest BCUT2D eigenvalue weighted by molar-refractivity contribution is 5.26. The van der Waals surface area contributed by atoms with Gasteiger partial charge in [-0.15, -0.1) is 0 Å². The molecule has 2 heteroatoms. The van der Waals surface area contributed by atoms with Crippen LogP contribution in [0.2, 0.25) is 0 Å². The lowest BCUT2D eigenvalue weighted by molar-refractivity contribution is 0.144. The van der Waals surface area contributed by atoms with Gasteiger partial charge in [-0.05, 0) is 61.5 Å². The highest BCUT2D eigenvalue weighted by Gasteiger charge is 2.21. The van der Waals surface area contributed by atoms with E-state index in [1.807, 2.05) is 0 Å². The van der Waals surface area contributed by atoms with Crippen molar-refractivity contribution in [1.29, 1.82) is 0 Å². The molecule has 0 spiro atoms. The maximum atomic E-state index is 9.15. The first-order valence-electron chi connectivity index (χ1n) is 10.1. The molecule has 2 nitrogen and oxygen atoms in total. The molecule has 2 N–H and O–H groups in total. The average Bonchev–Trinajstić information content (AvgIpc) is 2.64. The summed E-state index contributed by atoms with van der Waals surface area (Å²) in [4.78, 5) is 0. The van der Waals surface area contributed by atoms with Gasteiger partial charge >= 0.3 is 0 Å². The lowest BCUT2D eigenvalue weighted by Gasteiger charge is -2.29. The number of rotatable bonds is 10. The van der Waals surface area contributed by atoms with Crippen LogP contribution in [0.1, 0.15) is 81.8 Å². The Morgan fingerprint density at radius 2 is 1.62 bits per heavy atom. The molecule has 1 fully saturated rings. The summed E-state index contributed by atoms with van der Waals surface area (Å²) in [5, 5.41) is 18.3. The standard InChI is InChI=1S/C22H36O2/c1-2-3-4-5-18-8-12-21(13-9-18)22-14-10-19(11-15-22)6-7-20(16-23)17-24/h10-11,14-15,18,20-21,23-24H,2-9,12-13,16-17H2,1H3. The van der Waals surface area contributed by atoms with Crippen molar-refractivity contribution < 1.29 is 10.2 Å². The zero-order valence-corrected chi connectivity index (χ0v) is 15.4. The molecule has 0 saturated heterocycles. The molecule has 0 bridgehead atoms. The maximum absolute atomic E-state index is 9.15. The molecule has 0 atom stereocenters. The van der Waals surface area contributed by atoms with Gasteiger partial charge < -0.3 is 10.2 Å². The predicted octanol–water partition coefficient (Wildman–Crippen LogP) is 5.07. The zero-order chi connectivity index (χ0) is 17.2. The molecule has 136 valence electrons. The summed E-state index contributed by atoms with van der Waals surface area (Å²) < 4.78 is 0. The molecule has 1 aliphatic carbocycles. The summed E-state index contributed by atoms with van der Waals surface area (Å²) in [6, 6.07) is 9.11. The van der Waals surface area contributed by atoms with Gasteiger partial charge in [-0.1, -0.05) is 56.9 Å². The first-order chi connectivity index (χ1) is 11.8. The van der Waals surface area contributed by atoms with Crippen LogP contribution in [-0.4, -0.2) is 23.4 Å². The number of hydrogen-bond acceptors (Lipinski definition) is 2. The van der Waals surface area contributed by atoms with Gasteiger partial charge in [0.05, 0.1) is 0 Å². The van der Waals surface area contributed by atoms with Crippen molar-refractivity contribution in [3.8, 4) is 0 Å². The molecule has 1 aromatic carbocycles. The Hall–Kier alpha value is -0.860. The Balaban J connectivity index is 1.75. The number of aliphatic hydroxyl groups is 2. The molecule has 1 aliphatic rings. The molecule has 1 aromatic rings. The Labute approximate surface area is 148 Å². The molecule has 0 aliphatic heterocycles. The summed E-state index contributed by atoms with van der Waals surface area (Å²) in [5.41, 5.74) is 2.82. The topological polar surface area (TPSA) is 40.5 Å². The Bertz CT molecular complexity index is 428. The molecule has 24 heavy (non-hydrogen) atoms. The third-order valence-electron chi connectivity index (χ3n) is 5.87. The number of benzene rings is 1. The molecule has 0 aromatic heterocycles. The number of hydrogen-bond donors (Lipinski definition) is 2. The highest BCUT2D eigenvalue weighted by atomic mass is 16.3. The fourth-order valence-corrected chi connectivity index (χ4v) is 4.04. The lowest BCUT2D eigenvalue weighted by Crippen LogP contribution is -2.13. The van der Waals surface area contributed by atoms with E-state index in [1.165, 1.54) is 62.5 Å². The van der Waals surface area contributed by atoms with E-state index in [1.54, 1.807) is 0 Å². The van der Waals surface area contributed by atoms with E-state index in [4.69, 9.17) is 10.2 Å². The Morgan fingerprint density at radius 1 is 0.958 bits per heavy atom. The lowest BCUT2D eigenvalue weighted by atomic mass is 9.77. The van der Waals surface area contributed by atoms with Gasteiger partial charge in [-0.25, -0.2) is 0 Å². The minimum Gasteiger partial charge on any atom is -0.396 e. The smallest absolute Gasteiger partial charge is 0.0481 e. The molecule has 0 amide bonds. The van der Waals surface area contributed by atoms with E-state index in [9.17, 15) is 0 Å². The van der Waals surface area contributed by atoms with Gasteiger partial charge in [0, 0.05) is 19.1 Å². The van der Waals surface area contributed by atoms with Gasteiger partial charge in [-0.3, -0.25) is 0 Å². The zero-order valence-electron chi connectivity index (χ0n) is 15.4. The van der Waals surface area contributed by atoms with Crippen LogP contribution in [0.4, 0.5) is 0 Å². The van der Waals surface area contributed by atoms with E-state index in [2.05, 4.69) is 31.2 Å². The second-order valence-electron chi connectivity index (χ2n) is 7.72. The molecule has 0 unspecified atom stereocenters. The predicted molar refractivity (Wildman–Crippen MR) is 101 cm³/mol. The van der Waals surface area contributed by atoms with Crippen LogP contribution in [0.3, 0.4) is 0 Å². The molecule has 0 heterocycles. The monoisotopic (exact) mass is 332 g/mol. The molecular formula is C22H36O2. The first-order valence-corrected chi connectivity index (χ1v) is 10.1. The summed E-state index contributed by atoms with van der Waals surface area (Å²) in [5.74, 6) is 1.75. The van der Waals surface area contributed by atoms with Crippen LogP contribution < -0.4 is 0 Å².